The van der Waals surface area contributed by atoms with Crippen LogP contribution in [0.5, 0.6) is 11.5 Å². The van der Waals surface area contributed by atoms with Crippen LogP contribution in [0.1, 0.15) is 60.1 Å². The molecule has 8 aromatic rings. The maximum atomic E-state index is 11.8. The van der Waals surface area contributed by atoms with Crippen molar-refractivity contribution in [2.45, 2.75) is 37.5 Å². The summed E-state index contributed by atoms with van der Waals surface area (Å²) < 4.78 is 52.3. The van der Waals surface area contributed by atoms with E-state index in [1.54, 1.807) is 30.6 Å². The van der Waals surface area contributed by atoms with E-state index in [9.17, 15) is 23.2 Å². The van der Waals surface area contributed by atoms with Crippen LogP contribution in [0.25, 0.3) is 44.5 Å². The molecule has 0 fully saturated rings. The third kappa shape index (κ3) is 11.8. The minimum Gasteiger partial charge on any atom is -0.489 e. The number of halogens is 4. The molecule has 0 radical (unpaired) electrons. The molecule has 372 valence electrons. The van der Waals surface area contributed by atoms with Gasteiger partial charge in [-0.3, -0.25) is 9.44 Å². The predicted molar refractivity (Wildman–Crippen MR) is 291 cm³/mol. The molecule has 20 heteroatoms. The molecule has 4 aromatic carbocycles. The van der Waals surface area contributed by atoms with E-state index in [1.807, 2.05) is 78.9 Å². The first-order chi connectivity index (χ1) is 34.9. The minimum absolute atomic E-state index is 0.152. The summed E-state index contributed by atoms with van der Waals surface area (Å²) in [5.74, 6) is 1.41. The van der Waals surface area contributed by atoms with Gasteiger partial charge < -0.3 is 9.47 Å². The van der Waals surface area contributed by atoms with Crippen LogP contribution in [0.2, 0.25) is 10.0 Å². The van der Waals surface area contributed by atoms with Crippen LogP contribution in [0.15, 0.2) is 116 Å². The van der Waals surface area contributed by atoms with Gasteiger partial charge >= 0.3 is 0 Å². The van der Waals surface area contributed by atoms with Gasteiger partial charge in [-0.05, 0) is 94.8 Å². The van der Waals surface area contributed by atoms with Gasteiger partial charge in [0.05, 0.1) is 45.4 Å². The van der Waals surface area contributed by atoms with Crippen molar-refractivity contribution in [3.8, 4) is 45.9 Å². The highest BCUT2D eigenvalue weighted by atomic mass is 35.5. The number of ether oxygens (including phenoxy) is 2. The Labute approximate surface area is 445 Å². The third-order valence-electron chi connectivity index (χ3n) is 12.6. The second-order valence-electron chi connectivity index (χ2n) is 17.5. The van der Waals surface area contributed by atoms with Crippen molar-refractivity contribution in [2.24, 2.45) is 0 Å². The second-order valence-corrected chi connectivity index (χ2v) is 21.9. The number of benzene rings is 4. The quantitative estimate of drug-likeness (QED) is 0.0726. The molecule has 3 atom stereocenters. The van der Waals surface area contributed by atoms with Gasteiger partial charge in [0.1, 0.15) is 47.7 Å². The van der Waals surface area contributed by atoms with Crippen molar-refractivity contribution in [3.63, 3.8) is 0 Å². The van der Waals surface area contributed by atoms with E-state index in [0.29, 0.717) is 40.9 Å². The van der Waals surface area contributed by atoms with E-state index in [1.165, 1.54) is 12.5 Å². The Morgan fingerprint density at radius 2 is 1.12 bits per heavy atom. The fourth-order valence-corrected chi connectivity index (χ4v) is 10.3. The molecule has 0 saturated heterocycles. The first kappa shape index (κ1) is 52.7. The molecule has 0 amide bonds. The van der Waals surface area contributed by atoms with E-state index < -0.39 is 31.8 Å². The Bertz CT molecular complexity index is 3620. The van der Waals surface area contributed by atoms with E-state index in [0.717, 1.165) is 50.8 Å². The average Bonchev–Trinajstić information content (AvgIpc) is 3.38. The number of nitrogens with one attached hydrogen (secondary N) is 2. The molecule has 2 N–H and O–H groups in total. The standard InChI is InChI=1S/C53H45Cl4N9O5S2/c1-52(41-22-35(27-58)48(43(56)25-41)70-19-17-54,39-10-5-32(6-11-39)37-21-34-9-14-46(66-73(4,68)69)63-50(34)61-29-37)15-16-53(2,42-23-36(28-59)49(44(57)26-42)71-20-18-55)40-12-7-33(8-13-40)38-24-45-51(62-30-38)64-47(31-60-45)65-72(3)67/h5-14,21-26,29-31H,15-20H2,1-4H3,(H,61,63,66)(H,62,64,65). The van der Waals surface area contributed by atoms with Gasteiger partial charge in [0.25, 0.3) is 0 Å². The molecule has 4 heterocycles. The summed E-state index contributed by atoms with van der Waals surface area (Å²) in [6.07, 6.45) is 8.42. The lowest BCUT2D eigenvalue weighted by atomic mass is 9.65. The number of hydrogen-bond donors (Lipinski definition) is 2. The Kier molecular flexibility index (Phi) is 16.0. The Hall–Kier alpha value is -6.63. The minimum atomic E-state index is -3.53. The zero-order valence-corrected chi connectivity index (χ0v) is 44.4. The maximum Gasteiger partial charge on any atom is 0.230 e. The number of anilines is 2. The third-order valence-corrected chi connectivity index (χ3v) is 14.5. The Balaban J connectivity index is 1.22. The first-order valence-electron chi connectivity index (χ1n) is 22.5. The van der Waals surface area contributed by atoms with Gasteiger partial charge in [0, 0.05) is 46.0 Å². The number of nitriles is 2. The van der Waals surface area contributed by atoms with Crippen molar-refractivity contribution >= 4 is 101 Å². The molecule has 3 unspecified atom stereocenters. The number of sulfonamides is 1. The number of pyridine rings is 3. The molecule has 0 spiro atoms. The Morgan fingerprint density at radius 1 is 0.630 bits per heavy atom. The highest BCUT2D eigenvalue weighted by Crippen LogP contribution is 2.48. The lowest BCUT2D eigenvalue weighted by molar-refractivity contribution is 0.341. The van der Waals surface area contributed by atoms with Crippen molar-refractivity contribution in [3.05, 3.63) is 159 Å². The number of aromatic nitrogens is 5. The summed E-state index contributed by atoms with van der Waals surface area (Å²) in [6.45, 7) is 4.52. The van der Waals surface area contributed by atoms with Gasteiger partial charge in [-0.25, -0.2) is 37.5 Å². The topological polar surface area (TPSA) is 206 Å². The number of alkyl halides is 2. The molecular weight excluding hydrogens is 1050 g/mol. The van der Waals surface area contributed by atoms with Crippen LogP contribution in [0.4, 0.5) is 11.6 Å². The smallest absolute Gasteiger partial charge is 0.230 e. The molecule has 0 aliphatic heterocycles. The van der Waals surface area contributed by atoms with Gasteiger partial charge in [-0.1, -0.05) is 85.6 Å². The monoisotopic (exact) mass is 1090 g/mol. The number of nitrogens with zero attached hydrogens (tertiary/aromatic N) is 7. The predicted octanol–water partition coefficient (Wildman–Crippen LogP) is 11.8. The van der Waals surface area contributed by atoms with Crippen LogP contribution < -0.4 is 18.9 Å². The lowest BCUT2D eigenvalue weighted by Crippen LogP contribution is -2.31. The van der Waals surface area contributed by atoms with Crippen molar-refractivity contribution in [1.82, 2.24) is 24.9 Å². The molecule has 0 aliphatic carbocycles. The first-order valence-corrected chi connectivity index (χ1v) is 27.8. The van der Waals surface area contributed by atoms with Gasteiger partial charge in [-0.2, -0.15) is 10.5 Å². The average molecular weight is 1090 g/mol. The highest BCUT2D eigenvalue weighted by molar-refractivity contribution is 7.92. The van der Waals surface area contributed by atoms with E-state index in [2.05, 4.69) is 60.3 Å². The maximum absolute atomic E-state index is 11.8. The number of fused-ring (bicyclic) bond motifs is 2. The zero-order valence-electron chi connectivity index (χ0n) is 39.7. The van der Waals surface area contributed by atoms with Crippen molar-refractivity contribution in [1.29, 1.82) is 10.5 Å². The molecule has 14 nitrogen and oxygen atoms in total. The summed E-state index contributed by atoms with van der Waals surface area (Å²) in [4.78, 5) is 22.4. The molecule has 0 saturated carbocycles. The van der Waals surface area contributed by atoms with Gasteiger partial charge in [0.15, 0.2) is 28.6 Å². The van der Waals surface area contributed by atoms with Gasteiger partial charge in [-0.15, -0.1) is 23.2 Å². The summed E-state index contributed by atoms with van der Waals surface area (Å²) in [5.41, 5.74) is 6.89. The fourth-order valence-electron chi connectivity index (χ4n) is 8.71. The molecule has 0 bridgehead atoms. The lowest BCUT2D eigenvalue weighted by Gasteiger charge is -2.38. The summed E-state index contributed by atoms with van der Waals surface area (Å²) in [5, 5.41) is 22.2. The molecule has 73 heavy (non-hydrogen) atoms. The highest BCUT2D eigenvalue weighted by Gasteiger charge is 2.37. The van der Waals surface area contributed by atoms with E-state index in [4.69, 9.17) is 55.9 Å². The van der Waals surface area contributed by atoms with Crippen LogP contribution >= 0.6 is 46.4 Å². The van der Waals surface area contributed by atoms with Crippen LogP contribution in [0, 0.1) is 22.7 Å². The summed E-state index contributed by atoms with van der Waals surface area (Å²) in [6, 6.07) is 35.2. The number of rotatable bonds is 19. The Morgan fingerprint density at radius 3 is 1.60 bits per heavy atom. The molecule has 4 aromatic heterocycles. The van der Waals surface area contributed by atoms with Crippen LogP contribution in [0.3, 0.4) is 0 Å². The normalized spacial score (nSPS) is 13.6. The van der Waals surface area contributed by atoms with Crippen molar-refractivity contribution < 1.29 is 22.1 Å². The largest absolute Gasteiger partial charge is 0.489 e. The summed E-state index contributed by atoms with van der Waals surface area (Å²) in [7, 11) is -4.85. The zero-order chi connectivity index (χ0) is 52.1. The molecular formula is C53H45Cl4N9O5S2. The SMILES string of the molecule is CS(=O)Nc1cnc2cc(-c3ccc(C(C)(CCC(C)(c4ccc(-c5cnc6nc(NS(C)(=O)=O)ccc6c5)cc4)c4cc(Cl)c(OCCCl)c(C#N)c4)c4cc(Cl)c(OCCCl)c(C#N)c4)cc3)cnc2n1. The number of hydrogen-bond acceptors (Lipinski definition) is 12. The van der Waals surface area contributed by atoms with Crippen LogP contribution in [-0.4, -0.2) is 75.0 Å². The van der Waals surface area contributed by atoms with Crippen molar-refractivity contribution in [2.75, 3.05) is 46.9 Å². The van der Waals surface area contributed by atoms with E-state index in [-0.39, 0.29) is 63.5 Å². The fraction of sp³-hybridized carbons (Fsp3) is 0.226. The van der Waals surface area contributed by atoms with E-state index >= 15 is 0 Å². The van der Waals surface area contributed by atoms with Crippen LogP contribution in [-0.2, 0) is 31.8 Å². The van der Waals surface area contributed by atoms with Gasteiger partial charge in [0.2, 0.25) is 10.0 Å². The second kappa shape index (κ2) is 22.2. The molecule has 0 aliphatic rings. The molecule has 8 rings (SSSR count). The summed E-state index contributed by atoms with van der Waals surface area (Å²) >= 11 is 25.9.